The molecular formula is C24H19BrO4. The average Bonchev–Trinajstić information content (AvgIpc) is 2.74. The van der Waals surface area contributed by atoms with Crippen LogP contribution in [0.4, 0.5) is 0 Å². The smallest absolute Gasteiger partial charge is 0.344 e. The molecule has 0 atom stereocenters. The SMILES string of the molecule is CCOc1ccccc1/C=C/C(=O)c1ccc(OC(=O)c2ccccc2Br)cc1. The van der Waals surface area contributed by atoms with Gasteiger partial charge in [0.2, 0.25) is 0 Å². The minimum Gasteiger partial charge on any atom is -0.493 e. The van der Waals surface area contributed by atoms with Crippen molar-refractivity contribution >= 4 is 33.8 Å². The van der Waals surface area contributed by atoms with Gasteiger partial charge >= 0.3 is 5.97 Å². The monoisotopic (exact) mass is 450 g/mol. The van der Waals surface area contributed by atoms with E-state index in [4.69, 9.17) is 9.47 Å². The molecule has 0 saturated heterocycles. The number of halogens is 1. The van der Waals surface area contributed by atoms with Gasteiger partial charge in [0.25, 0.3) is 0 Å². The number of carbonyl (C=O) groups is 2. The molecule has 0 radical (unpaired) electrons. The van der Waals surface area contributed by atoms with Crippen molar-refractivity contribution in [3.8, 4) is 11.5 Å². The second-order valence-electron chi connectivity index (χ2n) is 6.06. The maximum Gasteiger partial charge on any atom is 0.344 e. The summed E-state index contributed by atoms with van der Waals surface area (Å²) in [5.41, 5.74) is 1.76. The maximum atomic E-state index is 12.4. The Hall–Kier alpha value is -3.18. The summed E-state index contributed by atoms with van der Waals surface area (Å²) in [7, 11) is 0. The molecule has 0 spiro atoms. The van der Waals surface area contributed by atoms with Gasteiger partial charge in [-0.3, -0.25) is 4.79 Å². The molecule has 0 amide bonds. The number of esters is 1. The van der Waals surface area contributed by atoms with Gasteiger partial charge in [-0.1, -0.05) is 30.3 Å². The third kappa shape index (κ3) is 5.42. The van der Waals surface area contributed by atoms with Gasteiger partial charge in [0, 0.05) is 15.6 Å². The molecule has 3 aromatic rings. The third-order valence-electron chi connectivity index (χ3n) is 4.08. The molecule has 0 aliphatic carbocycles. The molecule has 29 heavy (non-hydrogen) atoms. The van der Waals surface area contributed by atoms with Gasteiger partial charge in [-0.15, -0.1) is 0 Å². The highest BCUT2D eigenvalue weighted by molar-refractivity contribution is 9.10. The van der Waals surface area contributed by atoms with Crippen molar-refractivity contribution in [3.63, 3.8) is 0 Å². The Kier molecular flexibility index (Phi) is 6.98. The molecular weight excluding hydrogens is 432 g/mol. The molecule has 0 bridgehead atoms. The number of hydrogen-bond donors (Lipinski definition) is 0. The van der Waals surface area contributed by atoms with Crippen LogP contribution in [0.15, 0.2) is 83.3 Å². The molecule has 0 saturated carbocycles. The molecule has 0 aromatic heterocycles. The topological polar surface area (TPSA) is 52.6 Å². The molecule has 146 valence electrons. The lowest BCUT2D eigenvalue weighted by molar-refractivity contribution is 0.0733. The van der Waals surface area contributed by atoms with E-state index < -0.39 is 5.97 Å². The molecule has 0 aliphatic rings. The number of carbonyl (C=O) groups excluding carboxylic acids is 2. The first-order valence-corrected chi connectivity index (χ1v) is 9.89. The van der Waals surface area contributed by atoms with E-state index in [-0.39, 0.29) is 5.78 Å². The molecule has 3 aromatic carbocycles. The fourth-order valence-electron chi connectivity index (χ4n) is 2.64. The minimum absolute atomic E-state index is 0.153. The van der Waals surface area contributed by atoms with Gasteiger partial charge in [0.1, 0.15) is 11.5 Å². The lowest BCUT2D eigenvalue weighted by Gasteiger charge is -2.07. The fourth-order valence-corrected chi connectivity index (χ4v) is 3.09. The number of benzene rings is 3. The molecule has 0 unspecified atom stereocenters. The first kappa shape index (κ1) is 20.6. The minimum atomic E-state index is -0.469. The summed E-state index contributed by atoms with van der Waals surface area (Å²) in [6.07, 6.45) is 3.23. The zero-order chi connectivity index (χ0) is 20.6. The highest BCUT2D eigenvalue weighted by atomic mass is 79.9. The second kappa shape index (κ2) is 9.85. The van der Waals surface area contributed by atoms with Crippen molar-refractivity contribution in [2.45, 2.75) is 6.92 Å². The van der Waals surface area contributed by atoms with Crippen molar-refractivity contribution in [1.29, 1.82) is 0 Å². The Balaban J connectivity index is 1.68. The van der Waals surface area contributed by atoms with E-state index in [2.05, 4.69) is 15.9 Å². The lowest BCUT2D eigenvalue weighted by atomic mass is 10.1. The summed E-state index contributed by atoms with van der Waals surface area (Å²) in [4.78, 5) is 24.7. The largest absolute Gasteiger partial charge is 0.493 e. The van der Waals surface area contributed by atoms with Crippen LogP contribution in [0.1, 0.15) is 33.2 Å². The van der Waals surface area contributed by atoms with Crippen LogP contribution >= 0.6 is 15.9 Å². The van der Waals surface area contributed by atoms with Crippen molar-refractivity contribution in [2.75, 3.05) is 6.61 Å². The van der Waals surface area contributed by atoms with Crippen LogP contribution in [0.2, 0.25) is 0 Å². The van der Waals surface area contributed by atoms with Gasteiger partial charge in [-0.2, -0.15) is 0 Å². The predicted octanol–water partition coefficient (Wildman–Crippen LogP) is 5.96. The van der Waals surface area contributed by atoms with Crippen LogP contribution < -0.4 is 9.47 Å². The average molecular weight is 451 g/mol. The van der Waals surface area contributed by atoms with E-state index in [0.29, 0.717) is 28.0 Å². The Morgan fingerprint density at radius 1 is 0.931 bits per heavy atom. The van der Waals surface area contributed by atoms with E-state index in [1.807, 2.05) is 37.3 Å². The number of rotatable bonds is 7. The van der Waals surface area contributed by atoms with Crippen molar-refractivity contribution < 1.29 is 19.1 Å². The molecule has 0 N–H and O–H groups in total. The molecule has 4 nitrogen and oxygen atoms in total. The highest BCUT2D eigenvalue weighted by Gasteiger charge is 2.12. The summed E-state index contributed by atoms with van der Waals surface area (Å²) in [5, 5.41) is 0. The first-order valence-electron chi connectivity index (χ1n) is 9.09. The van der Waals surface area contributed by atoms with Gasteiger partial charge in [0.05, 0.1) is 12.2 Å². The number of allylic oxidation sites excluding steroid dienone is 1. The van der Waals surface area contributed by atoms with Crippen LogP contribution in [0.3, 0.4) is 0 Å². The first-order chi connectivity index (χ1) is 14.1. The molecule has 0 heterocycles. The zero-order valence-electron chi connectivity index (χ0n) is 15.8. The summed E-state index contributed by atoms with van der Waals surface area (Å²) < 4.78 is 11.6. The van der Waals surface area contributed by atoms with Gasteiger partial charge < -0.3 is 9.47 Å². The van der Waals surface area contributed by atoms with Gasteiger partial charge in [-0.05, 0) is 77.5 Å². The number of ether oxygens (including phenoxy) is 2. The Morgan fingerprint density at radius 3 is 2.34 bits per heavy atom. The molecule has 5 heteroatoms. The lowest BCUT2D eigenvalue weighted by Crippen LogP contribution is -2.09. The summed E-state index contributed by atoms with van der Waals surface area (Å²) >= 11 is 3.33. The van der Waals surface area contributed by atoms with Crippen LogP contribution in [-0.4, -0.2) is 18.4 Å². The van der Waals surface area contributed by atoms with E-state index >= 15 is 0 Å². The second-order valence-corrected chi connectivity index (χ2v) is 6.92. The Labute approximate surface area is 177 Å². The van der Waals surface area contributed by atoms with Gasteiger partial charge in [-0.25, -0.2) is 4.79 Å². The van der Waals surface area contributed by atoms with Gasteiger partial charge in [0.15, 0.2) is 5.78 Å². The normalized spacial score (nSPS) is 10.7. The standard InChI is InChI=1S/C24H19BrO4/c1-2-28-23-10-6-3-7-18(23)13-16-22(26)17-11-14-19(15-12-17)29-24(27)20-8-4-5-9-21(20)25/h3-16H,2H2,1H3/b16-13+. The third-order valence-corrected chi connectivity index (χ3v) is 4.77. The quantitative estimate of drug-likeness (QED) is 0.192. The predicted molar refractivity (Wildman–Crippen MR) is 117 cm³/mol. The summed E-state index contributed by atoms with van der Waals surface area (Å²) in [6, 6.07) is 21.0. The number of ketones is 1. The highest BCUT2D eigenvalue weighted by Crippen LogP contribution is 2.21. The van der Waals surface area contributed by atoms with E-state index in [1.165, 1.54) is 6.08 Å². The van der Waals surface area contributed by atoms with Crippen LogP contribution in [0.25, 0.3) is 6.08 Å². The van der Waals surface area contributed by atoms with Crippen molar-refractivity contribution in [3.05, 3.63) is 100 Å². The molecule has 0 fully saturated rings. The van der Waals surface area contributed by atoms with E-state index in [9.17, 15) is 9.59 Å². The van der Waals surface area contributed by atoms with Crippen molar-refractivity contribution in [2.24, 2.45) is 0 Å². The zero-order valence-corrected chi connectivity index (χ0v) is 17.4. The Bertz CT molecular complexity index is 1040. The van der Waals surface area contributed by atoms with Crippen LogP contribution in [-0.2, 0) is 0 Å². The number of hydrogen-bond acceptors (Lipinski definition) is 4. The van der Waals surface area contributed by atoms with Crippen LogP contribution in [0.5, 0.6) is 11.5 Å². The molecule has 0 aliphatic heterocycles. The van der Waals surface area contributed by atoms with Crippen molar-refractivity contribution in [1.82, 2.24) is 0 Å². The fraction of sp³-hybridized carbons (Fsp3) is 0.0833. The van der Waals surface area contributed by atoms with Crippen LogP contribution in [0, 0.1) is 0 Å². The summed E-state index contributed by atoms with van der Waals surface area (Å²) in [5.74, 6) is 0.477. The van der Waals surface area contributed by atoms with E-state index in [0.717, 1.165) is 11.3 Å². The molecule has 3 rings (SSSR count). The van der Waals surface area contributed by atoms with E-state index in [1.54, 1.807) is 48.5 Å². The Morgan fingerprint density at radius 2 is 1.62 bits per heavy atom. The maximum absolute atomic E-state index is 12.4. The number of para-hydroxylation sites is 1. The summed E-state index contributed by atoms with van der Waals surface area (Å²) in [6.45, 7) is 2.47.